The Morgan fingerprint density at radius 2 is 1.96 bits per heavy atom. The van der Waals surface area contributed by atoms with E-state index in [4.69, 9.17) is 4.42 Å². The number of benzene rings is 2. The first-order valence-corrected chi connectivity index (χ1v) is 9.40. The van der Waals surface area contributed by atoms with Gasteiger partial charge >= 0.3 is 5.76 Å². The molecule has 144 valence electrons. The third-order valence-electron chi connectivity index (χ3n) is 4.87. The number of para-hydroxylation sites is 2. The van der Waals surface area contributed by atoms with Gasteiger partial charge in [-0.2, -0.15) is 0 Å². The predicted octanol–water partition coefficient (Wildman–Crippen LogP) is 3.14. The molecule has 1 fully saturated rings. The maximum absolute atomic E-state index is 12.3. The minimum atomic E-state index is -0.412. The number of anilines is 2. The summed E-state index contributed by atoms with van der Waals surface area (Å²) in [6.45, 7) is 1.12. The summed E-state index contributed by atoms with van der Waals surface area (Å²) in [5, 5.41) is 2.86. The first kappa shape index (κ1) is 18.0. The van der Waals surface area contributed by atoms with Gasteiger partial charge in [-0.3, -0.25) is 14.2 Å². The second-order valence-electron chi connectivity index (χ2n) is 6.84. The van der Waals surface area contributed by atoms with Gasteiger partial charge in [-0.25, -0.2) is 4.79 Å². The number of rotatable bonds is 6. The van der Waals surface area contributed by atoms with E-state index in [1.54, 1.807) is 21.6 Å². The summed E-state index contributed by atoms with van der Waals surface area (Å²) in [6, 6.07) is 14.5. The van der Waals surface area contributed by atoms with E-state index in [9.17, 15) is 14.4 Å². The molecule has 1 saturated heterocycles. The third kappa shape index (κ3) is 3.69. The van der Waals surface area contributed by atoms with Crippen LogP contribution in [0.2, 0.25) is 0 Å². The molecule has 2 heterocycles. The average molecular weight is 379 g/mol. The molecule has 1 aliphatic rings. The molecule has 2 aromatic carbocycles. The molecule has 0 bridgehead atoms. The topological polar surface area (TPSA) is 84.5 Å². The van der Waals surface area contributed by atoms with Crippen molar-refractivity contribution in [2.45, 2.75) is 32.2 Å². The highest BCUT2D eigenvalue weighted by atomic mass is 16.4. The quantitative estimate of drug-likeness (QED) is 0.713. The van der Waals surface area contributed by atoms with Crippen LogP contribution < -0.4 is 16.0 Å². The van der Waals surface area contributed by atoms with Crippen molar-refractivity contribution in [2.24, 2.45) is 0 Å². The molecule has 28 heavy (non-hydrogen) atoms. The van der Waals surface area contributed by atoms with E-state index in [1.165, 1.54) is 0 Å². The number of carbonyl (C=O) groups excluding carboxylic acids is 2. The van der Waals surface area contributed by atoms with Gasteiger partial charge in [-0.15, -0.1) is 0 Å². The van der Waals surface area contributed by atoms with Crippen molar-refractivity contribution >= 4 is 34.3 Å². The van der Waals surface area contributed by atoms with E-state index in [1.807, 2.05) is 36.4 Å². The second-order valence-corrected chi connectivity index (χ2v) is 6.84. The fourth-order valence-electron chi connectivity index (χ4n) is 3.52. The van der Waals surface area contributed by atoms with Crippen molar-refractivity contribution in [3.8, 4) is 0 Å². The van der Waals surface area contributed by atoms with E-state index < -0.39 is 5.76 Å². The van der Waals surface area contributed by atoms with E-state index in [2.05, 4.69) is 5.32 Å². The summed E-state index contributed by atoms with van der Waals surface area (Å²) < 4.78 is 6.74. The molecule has 7 heteroatoms. The largest absolute Gasteiger partial charge is 0.419 e. The maximum atomic E-state index is 12.3. The number of amides is 2. The van der Waals surface area contributed by atoms with Crippen LogP contribution in [-0.4, -0.2) is 22.9 Å². The Labute approximate surface area is 161 Å². The van der Waals surface area contributed by atoms with Gasteiger partial charge in [0, 0.05) is 37.3 Å². The molecule has 1 aliphatic heterocycles. The van der Waals surface area contributed by atoms with Crippen LogP contribution in [-0.2, 0) is 16.1 Å². The van der Waals surface area contributed by atoms with Crippen molar-refractivity contribution < 1.29 is 14.0 Å². The van der Waals surface area contributed by atoms with Crippen LogP contribution >= 0.6 is 0 Å². The highest BCUT2D eigenvalue weighted by Crippen LogP contribution is 2.24. The van der Waals surface area contributed by atoms with Gasteiger partial charge in [0.2, 0.25) is 11.8 Å². The fraction of sp³-hybridized carbons (Fsp3) is 0.286. The van der Waals surface area contributed by atoms with Gasteiger partial charge in [0.15, 0.2) is 5.58 Å². The van der Waals surface area contributed by atoms with Crippen LogP contribution in [0.5, 0.6) is 0 Å². The van der Waals surface area contributed by atoms with E-state index >= 15 is 0 Å². The minimum absolute atomic E-state index is 0.112. The molecule has 0 unspecified atom stereocenters. The third-order valence-corrected chi connectivity index (χ3v) is 4.87. The summed E-state index contributed by atoms with van der Waals surface area (Å²) in [6.07, 6.45) is 2.22. The lowest BCUT2D eigenvalue weighted by atomic mass is 10.2. The molecular formula is C21H21N3O4. The Kier molecular flexibility index (Phi) is 4.97. The first-order valence-electron chi connectivity index (χ1n) is 9.40. The summed E-state index contributed by atoms with van der Waals surface area (Å²) in [7, 11) is 0. The fourth-order valence-corrected chi connectivity index (χ4v) is 3.52. The van der Waals surface area contributed by atoms with Gasteiger partial charge in [0.05, 0.1) is 5.52 Å². The number of nitrogens with one attached hydrogen (secondary N) is 1. The smallest absolute Gasteiger partial charge is 0.408 e. The molecule has 0 radical (unpaired) electrons. The van der Waals surface area contributed by atoms with Crippen LogP contribution in [0, 0.1) is 0 Å². The monoisotopic (exact) mass is 379 g/mol. The molecule has 0 atom stereocenters. The standard InChI is InChI=1S/C21H21N3O4/c25-19(10-4-13-24-17-8-1-2-9-18(17)28-21(24)27)22-15-6-3-7-16(14-15)23-12-5-11-20(23)26/h1-3,6-9,14H,4-5,10-13H2,(H,22,25). The Balaban J connectivity index is 1.35. The minimum Gasteiger partial charge on any atom is -0.408 e. The van der Waals surface area contributed by atoms with Gasteiger partial charge in [0.1, 0.15) is 0 Å². The summed E-state index contributed by atoms with van der Waals surface area (Å²) >= 11 is 0. The number of aromatic nitrogens is 1. The summed E-state index contributed by atoms with van der Waals surface area (Å²) in [5.41, 5.74) is 2.74. The van der Waals surface area contributed by atoms with Crippen LogP contribution in [0.25, 0.3) is 11.1 Å². The molecule has 0 spiro atoms. The molecule has 0 saturated carbocycles. The Morgan fingerprint density at radius 3 is 2.79 bits per heavy atom. The molecule has 7 nitrogen and oxygen atoms in total. The van der Waals surface area contributed by atoms with Crippen LogP contribution in [0.15, 0.2) is 57.7 Å². The number of nitrogens with zero attached hydrogens (tertiary/aromatic N) is 2. The lowest BCUT2D eigenvalue weighted by Gasteiger charge is -2.16. The predicted molar refractivity (Wildman–Crippen MR) is 106 cm³/mol. The van der Waals surface area contributed by atoms with E-state index in [-0.39, 0.29) is 18.2 Å². The van der Waals surface area contributed by atoms with Crippen molar-refractivity contribution in [3.05, 3.63) is 59.1 Å². The molecule has 0 aliphatic carbocycles. The Hall–Kier alpha value is -3.35. The summed E-state index contributed by atoms with van der Waals surface area (Å²) in [4.78, 5) is 37.9. The Bertz CT molecular complexity index is 1080. The number of carbonyl (C=O) groups is 2. The molecule has 4 rings (SSSR count). The van der Waals surface area contributed by atoms with Crippen LogP contribution in [0.3, 0.4) is 0 Å². The molecule has 1 N–H and O–H groups in total. The highest BCUT2D eigenvalue weighted by molar-refractivity contribution is 5.97. The first-order chi connectivity index (χ1) is 13.6. The number of hydrogen-bond donors (Lipinski definition) is 1. The van der Waals surface area contributed by atoms with Gasteiger partial charge in [0.25, 0.3) is 0 Å². The maximum Gasteiger partial charge on any atom is 0.419 e. The average Bonchev–Trinajstić information content (AvgIpc) is 3.25. The number of fused-ring (bicyclic) bond motifs is 1. The number of aryl methyl sites for hydroxylation is 1. The summed E-state index contributed by atoms with van der Waals surface area (Å²) in [5.74, 6) is -0.434. The van der Waals surface area contributed by atoms with Crippen molar-refractivity contribution in [1.82, 2.24) is 4.57 Å². The number of hydrogen-bond acceptors (Lipinski definition) is 4. The normalized spacial score (nSPS) is 14.0. The van der Waals surface area contributed by atoms with E-state index in [0.717, 1.165) is 17.6 Å². The second kappa shape index (κ2) is 7.72. The molecule has 2 amide bonds. The number of oxazole rings is 1. The Morgan fingerprint density at radius 1 is 1.11 bits per heavy atom. The lowest BCUT2D eigenvalue weighted by Crippen LogP contribution is -2.23. The highest BCUT2D eigenvalue weighted by Gasteiger charge is 2.21. The van der Waals surface area contributed by atoms with Crippen LogP contribution in [0.1, 0.15) is 25.7 Å². The lowest BCUT2D eigenvalue weighted by molar-refractivity contribution is -0.117. The zero-order valence-corrected chi connectivity index (χ0v) is 15.4. The van der Waals surface area contributed by atoms with Crippen LogP contribution in [0.4, 0.5) is 11.4 Å². The molecule has 1 aromatic heterocycles. The zero-order chi connectivity index (χ0) is 19.5. The van der Waals surface area contributed by atoms with Crippen molar-refractivity contribution in [3.63, 3.8) is 0 Å². The van der Waals surface area contributed by atoms with Crippen molar-refractivity contribution in [1.29, 1.82) is 0 Å². The zero-order valence-electron chi connectivity index (χ0n) is 15.4. The van der Waals surface area contributed by atoms with Gasteiger partial charge < -0.3 is 14.6 Å². The van der Waals surface area contributed by atoms with Gasteiger partial charge in [-0.1, -0.05) is 18.2 Å². The SMILES string of the molecule is O=C(CCCn1c(=O)oc2ccccc21)Nc1cccc(N2CCCC2=O)c1. The van der Waals surface area contributed by atoms with E-state index in [0.29, 0.717) is 37.2 Å². The van der Waals surface area contributed by atoms with Gasteiger partial charge in [-0.05, 0) is 43.2 Å². The van der Waals surface area contributed by atoms with Crippen molar-refractivity contribution in [2.75, 3.05) is 16.8 Å². The molecule has 3 aromatic rings. The molecular weight excluding hydrogens is 358 g/mol.